The molecular formula is C17H22N2O3. The molecule has 0 bridgehead atoms. The maximum atomic E-state index is 11.9. The number of amides is 1. The zero-order valence-corrected chi connectivity index (χ0v) is 13.0. The van der Waals surface area contributed by atoms with E-state index in [1.807, 2.05) is 43.3 Å². The van der Waals surface area contributed by atoms with Crippen molar-refractivity contribution in [2.45, 2.75) is 32.9 Å². The molecule has 0 fully saturated rings. The molecule has 1 aromatic carbocycles. The summed E-state index contributed by atoms with van der Waals surface area (Å²) in [5, 5.41) is 5.87. The minimum Gasteiger partial charge on any atom is -0.491 e. The van der Waals surface area contributed by atoms with Crippen LogP contribution in [0.15, 0.2) is 47.1 Å². The molecular weight excluding hydrogens is 280 g/mol. The Morgan fingerprint density at radius 2 is 2.18 bits per heavy atom. The predicted octanol–water partition coefficient (Wildman–Crippen LogP) is 3.19. The molecule has 0 radical (unpaired) electrons. The highest BCUT2D eigenvalue weighted by Crippen LogP contribution is 2.19. The van der Waals surface area contributed by atoms with Gasteiger partial charge in [0.1, 0.15) is 11.5 Å². The maximum Gasteiger partial charge on any atom is 0.238 e. The molecule has 0 aliphatic rings. The molecule has 0 aliphatic carbocycles. The summed E-state index contributed by atoms with van der Waals surface area (Å²) in [5.74, 6) is 1.46. The van der Waals surface area contributed by atoms with Crippen LogP contribution in [0.25, 0.3) is 0 Å². The molecule has 0 saturated heterocycles. The molecule has 5 nitrogen and oxygen atoms in total. The lowest BCUT2D eigenvalue weighted by molar-refractivity contribution is -0.115. The molecule has 5 heteroatoms. The molecule has 2 aromatic rings. The standard InChI is InChI=1S/C17H22N2O3/c1-3-13(2)22-15-7-4-6-14(10-15)19-17(20)12-18-11-16-8-5-9-21-16/h4-10,13,18H,3,11-12H2,1-2H3,(H,19,20). The van der Waals surface area contributed by atoms with Crippen molar-refractivity contribution < 1.29 is 13.9 Å². The number of hydrogen-bond donors (Lipinski definition) is 2. The van der Waals surface area contributed by atoms with Gasteiger partial charge in [-0.1, -0.05) is 13.0 Å². The number of furan rings is 1. The van der Waals surface area contributed by atoms with Crippen LogP contribution in [0.4, 0.5) is 5.69 Å². The highest BCUT2D eigenvalue weighted by molar-refractivity contribution is 5.92. The van der Waals surface area contributed by atoms with Gasteiger partial charge in [0.15, 0.2) is 0 Å². The Bertz CT molecular complexity index is 581. The average Bonchev–Trinajstić information content (AvgIpc) is 3.00. The Hall–Kier alpha value is -2.27. The van der Waals surface area contributed by atoms with Gasteiger partial charge in [-0.15, -0.1) is 0 Å². The minimum atomic E-state index is -0.104. The molecule has 1 aromatic heterocycles. The number of benzene rings is 1. The molecule has 0 saturated carbocycles. The summed E-state index contributed by atoms with van der Waals surface area (Å²) in [6.07, 6.45) is 2.70. The quantitative estimate of drug-likeness (QED) is 0.786. The van der Waals surface area contributed by atoms with Crippen molar-refractivity contribution in [1.82, 2.24) is 5.32 Å². The molecule has 0 spiro atoms. The first-order chi connectivity index (χ1) is 10.7. The van der Waals surface area contributed by atoms with E-state index in [2.05, 4.69) is 17.6 Å². The van der Waals surface area contributed by atoms with Gasteiger partial charge in [0.2, 0.25) is 5.91 Å². The summed E-state index contributed by atoms with van der Waals surface area (Å²) in [4.78, 5) is 11.9. The topological polar surface area (TPSA) is 63.5 Å². The lowest BCUT2D eigenvalue weighted by atomic mass is 10.2. The van der Waals surface area contributed by atoms with Crippen molar-refractivity contribution in [2.75, 3.05) is 11.9 Å². The SMILES string of the molecule is CCC(C)Oc1cccc(NC(=O)CNCc2ccco2)c1. The van der Waals surface area contributed by atoms with E-state index in [1.165, 1.54) is 0 Å². The highest BCUT2D eigenvalue weighted by atomic mass is 16.5. The third kappa shape index (κ3) is 5.26. The van der Waals surface area contributed by atoms with E-state index in [-0.39, 0.29) is 18.6 Å². The largest absolute Gasteiger partial charge is 0.491 e. The predicted molar refractivity (Wildman–Crippen MR) is 85.9 cm³/mol. The van der Waals surface area contributed by atoms with Crippen molar-refractivity contribution in [3.05, 3.63) is 48.4 Å². The number of rotatable bonds is 8. The Labute approximate surface area is 130 Å². The summed E-state index contributed by atoms with van der Waals surface area (Å²) in [7, 11) is 0. The number of ether oxygens (including phenoxy) is 1. The number of nitrogens with one attached hydrogen (secondary N) is 2. The number of anilines is 1. The van der Waals surface area contributed by atoms with Crippen LogP contribution in [-0.2, 0) is 11.3 Å². The van der Waals surface area contributed by atoms with Gasteiger partial charge in [-0.25, -0.2) is 0 Å². The lowest BCUT2D eigenvalue weighted by Crippen LogP contribution is -2.27. The number of carbonyl (C=O) groups is 1. The van der Waals surface area contributed by atoms with Crippen molar-refractivity contribution in [3.8, 4) is 5.75 Å². The van der Waals surface area contributed by atoms with Crippen LogP contribution in [0.1, 0.15) is 26.0 Å². The molecule has 2 rings (SSSR count). The van der Waals surface area contributed by atoms with E-state index in [0.29, 0.717) is 6.54 Å². The molecule has 1 unspecified atom stereocenters. The highest BCUT2D eigenvalue weighted by Gasteiger charge is 2.05. The Morgan fingerprint density at radius 3 is 2.91 bits per heavy atom. The van der Waals surface area contributed by atoms with Gasteiger partial charge in [-0.3, -0.25) is 4.79 Å². The van der Waals surface area contributed by atoms with Crippen LogP contribution in [0.2, 0.25) is 0 Å². The Kier molecular flexibility index (Phi) is 6.03. The molecule has 118 valence electrons. The van der Waals surface area contributed by atoms with Crippen molar-refractivity contribution in [2.24, 2.45) is 0 Å². The zero-order valence-electron chi connectivity index (χ0n) is 13.0. The van der Waals surface area contributed by atoms with E-state index in [0.717, 1.165) is 23.6 Å². The van der Waals surface area contributed by atoms with Gasteiger partial charge >= 0.3 is 0 Å². The van der Waals surface area contributed by atoms with E-state index < -0.39 is 0 Å². The van der Waals surface area contributed by atoms with Crippen molar-refractivity contribution in [1.29, 1.82) is 0 Å². The van der Waals surface area contributed by atoms with Crippen molar-refractivity contribution >= 4 is 11.6 Å². The van der Waals surface area contributed by atoms with Crippen LogP contribution in [-0.4, -0.2) is 18.6 Å². The fourth-order valence-corrected chi connectivity index (χ4v) is 1.88. The smallest absolute Gasteiger partial charge is 0.238 e. The monoisotopic (exact) mass is 302 g/mol. The first kappa shape index (κ1) is 16.1. The summed E-state index contributed by atoms with van der Waals surface area (Å²) in [6, 6.07) is 11.1. The third-order valence-corrected chi connectivity index (χ3v) is 3.19. The number of hydrogen-bond acceptors (Lipinski definition) is 4. The normalized spacial score (nSPS) is 11.9. The molecule has 1 atom stereocenters. The average molecular weight is 302 g/mol. The fraction of sp³-hybridized carbons (Fsp3) is 0.353. The maximum absolute atomic E-state index is 11.9. The van der Waals surface area contributed by atoms with Crippen molar-refractivity contribution in [3.63, 3.8) is 0 Å². The van der Waals surface area contributed by atoms with Gasteiger partial charge in [0.05, 0.1) is 25.5 Å². The molecule has 2 N–H and O–H groups in total. The van der Waals surface area contributed by atoms with E-state index >= 15 is 0 Å². The Balaban J connectivity index is 1.79. The zero-order chi connectivity index (χ0) is 15.8. The van der Waals surface area contributed by atoms with Gasteiger partial charge in [0, 0.05) is 11.8 Å². The fourth-order valence-electron chi connectivity index (χ4n) is 1.88. The molecule has 1 amide bonds. The Morgan fingerprint density at radius 1 is 1.32 bits per heavy atom. The first-order valence-electron chi connectivity index (χ1n) is 7.47. The summed E-state index contributed by atoms with van der Waals surface area (Å²) in [6.45, 7) is 4.83. The van der Waals surface area contributed by atoms with Crippen LogP contribution in [0.5, 0.6) is 5.75 Å². The lowest BCUT2D eigenvalue weighted by Gasteiger charge is -2.13. The van der Waals surface area contributed by atoms with Crippen LogP contribution in [0, 0.1) is 0 Å². The summed E-state index contributed by atoms with van der Waals surface area (Å²) in [5.41, 5.74) is 0.727. The van der Waals surface area contributed by atoms with Crippen LogP contribution in [0.3, 0.4) is 0 Å². The van der Waals surface area contributed by atoms with E-state index in [4.69, 9.17) is 9.15 Å². The third-order valence-electron chi connectivity index (χ3n) is 3.19. The molecule has 22 heavy (non-hydrogen) atoms. The van der Waals surface area contributed by atoms with Gasteiger partial charge in [-0.05, 0) is 37.6 Å². The van der Waals surface area contributed by atoms with Gasteiger partial charge < -0.3 is 19.8 Å². The second kappa shape index (κ2) is 8.24. The van der Waals surface area contributed by atoms with Gasteiger partial charge in [-0.2, -0.15) is 0 Å². The van der Waals surface area contributed by atoms with Crippen LogP contribution >= 0.6 is 0 Å². The second-order valence-electron chi connectivity index (χ2n) is 5.10. The summed E-state index contributed by atoms with van der Waals surface area (Å²) >= 11 is 0. The molecule has 1 heterocycles. The minimum absolute atomic E-state index is 0.104. The van der Waals surface area contributed by atoms with Crippen LogP contribution < -0.4 is 15.4 Å². The molecule has 0 aliphatic heterocycles. The second-order valence-corrected chi connectivity index (χ2v) is 5.10. The number of carbonyl (C=O) groups excluding carboxylic acids is 1. The summed E-state index contributed by atoms with van der Waals surface area (Å²) < 4.78 is 10.9. The van der Waals surface area contributed by atoms with E-state index in [1.54, 1.807) is 6.26 Å². The van der Waals surface area contributed by atoms with Gasteiger partial charge in [0.25, 0.3) is 0 Å². The van der Waals surface area contributed by atoms with E-state index in [9.17, 15) is 4.79 Å². The first-order valence-corrected chi connectivity index (χ1v) is 7.47.